The summed E-state index contributed by atoms with van der Waals surface area (Å²) in [5, 5.41) is 3.88. The van der Waals surface area contributed by atoms with Crippen molar-refractivity contribution in [3.8, 4) is 0 Å². The Hall–Kier alpha value is -1.75. The highest BCUT2D eigenvalue weighted by Crippen LogP contribution is 2.26. The molecule has 0 fully saturated rings. The van der Waals surface area contributed by atoms with Crippen molar-refractivity contribution in [3.05, 3.63) is 69.2 Å². The molecular weight excluding hydrogens is 383 g/mol. The summed E-state index contributed by atoms with van der Waals surface area (Å²) in [7, 11) is 1.72. The molecule has 4 nitrogen and oxygen atoms in total. The maximum absolute atomic E-state index is 12.4. The van der Waals surface area contributed by atoms with E-state index in [2.05, 4.69) is 5.32 Å². The number of halogens is 2. The van der Waals surface area contributed by atoms with Gasteiger partial charge in [0.25, 0.3) is 0 Å². The molecule has 0 atom stereocenters. The second-order valence-electron chi connectivity index (χ2n) is 7.45. The van der Waals surface area contributed by atoms with Crippen LogP contribution in [0.25, 0.3) is 0 Å². The molecule has 0 aliphatic heterocycles. The molecular formula is C21H26Cl2N2O2. The Balaban J connectivity index is 1.90. The van der Waals surface area contributed by atoms with Crippen LogP contribution in [-0.4, -0.2) is 23.6 Å². The molecule has 146 valence electrons. The number of benzene rings is 2. The first-order chi connectivity index (χ1) is 12.7. The van der Waals surface area contributed by atoms with Gasteiger partial charge in [0, 0.05) is 20.1 Å². The van der Waals surface area contributed by atoms with Gasteiger partial charge in [-0.1, -0.05) is 59.6 Å². The SMILES string of the molecule is CN(Cc1cccc(Cl)c1Cl)C(=O)NCc1cccc(COC(C)(C)C)c1. The largest absolute Gasteiger partial charge is 0.371 e. The maximum atomic E-state index is 12.4. The van der Waals surface area contributed by atoms with Crippen LogP contribution >= 0.6 is 23.2 Å². The predicted octanol–water partition coefficient (Wildman–Crippen LogP) is 5.65. The minimum atomic E-state index is -0.186. The van der Waals surface area contributed by atoms with Gasteiger partial charge in [-0.05, 0) is 43.5 Å². The lowest BCUT2D eigenvalue weighted by Gasteiger charge is -2.20. The minimum Gasteiger partial charge on any atom is -0.371 e. The van der Waals surface area contributed by atoms with E-state index in [0.29, 0.717) is 29.7 Å². The van der Waals surface area contributed by atoms with Crippen LogP contribution in [0, 0.1) is 0 Å². The quantitative estimate of drug-likeness (QED) is 0.670. The number of hydrogen-bond donors (Lipinski definition) is 1. The van der Waals surface area contributed by atoms with Gasteiger partial charge in [0.2, 0.25) is 0 Å². The molecule has 0 saturated heterocycles. The molecule has 27 heavy (non-hydrogen) atoms. The molecule has 0 aliphatic rings. The van der Waals surface area contributed by atoms with E-state index in [4.69, 9.17) is 27.9 Å². The van der Waals surface area contributed by atoms with Crippen molar-refractivity contribution in [2.24, 2.45) is 0 Å². The number of nitrogens with zero attached hydrogens (tertiary/aromatic N) is 1. The third-order valence-electron chi connectivity index (χ3n) is 3.89. The molecule has 2 aromatic carbocycles. The number of rotatable bonds is 6. The minimum absolute atomic E-state index is 0.178. The summed E-state index contributed by atoms with van der Waals surface area (Å²) in [6.45, 7) is 7.44. The van der Waals surface area contributed by atoms with E-state index in [9.17, 15) is 4.79 Å². The summed E-state index contributed by atoms with van der Waals surface area (Å²) in [6, 6.07) is 13.2. The number of nitrogens with one attached hydrogen (secondary N) is 1. The van der Waals surface area contributed by atoms with Crippen LogP contribution in [0.15, 0.2) is 42.5 Å². The van der Waals surface area contributed by atoms with Crippen molar-refractivity contribution in [3.63, 3.8) is 0 Å². The van der Waals surface area contributed by atoms with Crippen molar-refractivity contribution < 1.29 is 9.53 Å². The number of amides is 2. The number of carbonyl (C=O) groups excluding carboxylic acids is 1. The van der Waals surface area contributed by atoms with Crippen LogP contribution in [-0.2, 0) is 24.4 Å². The van der Waals surface area contributed by atoms with Crippen LogP contribution < -0.4 is 5.32 Å². The van der Waals surface area contributed by atoms with Crippen LogP contribution in [0.1, 0.15) is 37.5 Å². The number of hydrogen-bond acceptors (Lipinski definition) is 2. The summed E-state index contributed by atoms with van der Waals surface area (Å²) >= 11 is 12.2. The highest BCUT2D eigenvalue weighted by molar-refractivity contribution is 6.42. The van der Waals surface area contributed by atoms with Gasteiger partial charge in [-0.15, -0.1) is 0 Å². The molecule has 1 N–H and O–H groups in total. The summed E-state index contributed by atoms with van der Waals surface area (Å²) in [5.41, 5.74) is 2.72. The van der Waals surface area contributed by atoms with E-state index in [1.807, 2.05) is 57.2 Å². The first-order valence-electron chi connectivity index (χ1n) is 8.79. The van der Waals surface area contributed by atoms with Crippen LogP contribution in [0.4, 0.5) is 4.79 Å². The lowest BCUT2D eigenvalue weighted by Crippen LogP contribution is -2.36. The number of urea groups is 1. The smallest absolute Gasteiger partial charge is 0.317 e. The van der Waals surface area contributed by atoms with Crippen molar-refractivity contribution in [1.29, 1.82) is 0 Å². The van der Waals surface area contributed by atoms with E-state index in [0.717, 1.165) is 16.7 Å². The van der Waals surface area contributed by atoms with E-state index < -0.39 is 0 Å². The van der Waals surface area contributed by atoms with Gasteiger partial charge in [-0.3, -0.25) is 0 Å². The Morgan fingerprint density at radius 2 is 1.78 bits per heavy atom. The van der Waals surface area contributed by atoms with Crippen LogP contribution in [0.5, 0.6) is 0 Å². The molecule has 2 rings (SSSR count). The summed E-state index contributed by atoms with van der Waals surface area (Å²) in [5.74, 6) is 0. The third kappa shape index (κ3) is 7.06. The van der Waals surface area contributed by atoms with Gasteiger partial charge in [-0.2, -0.15) is 0 Å². The zero-order valence-electron chi connectivity index (χ0n) is 16.2. The maximum Gasteiger partial charge on any atom is 0.317 e. The van der Waals surface area contributed by atoms with Gasteiger partial charge in [0.15, 0.2) is 0 Å². The highest BCUT2D eigenvalue weighted by Gasteiger charge is 2.13. The summed E-state index contributed by atoms with van der Waals surface area (Å²) < 4.78 is 5.80. The highest BCUT2D eigenvalue weighted by atomic mass is 35.5. The number of ether oxygens (including phenoxy) is 1. The molecule has 2 amide bonds. The van der Waals surface area contributed by atoms with Gasteiger partial charge >= 0.3 is 6.03 Å². The molecule has 0 radical (unpaired) electrons. The molecule has 0 spiro atoms. The third-order valence-corrected chi connectivity index (χ3v) is 4.75. The van der Waals surface area contributed by atoms with Crippen molar-refractivity contribution in [2.75, 3.05) is 7.05 Å². The molecule has 0 saturated carbocycles. The fraction of sp³-hybridized carbons (Fsp3) is 0.381. The predicted molar refractivity (Wildman–Crippen MR) is 111 cm³/mol. The normalized spacial score (nSPS) is 11.3. The van der Waals surface area contributed by atoms with Crippen molar-refractivity contribution in [1.82, 2.24) is 10.2 Å². The van der Waals surface area contributed by atoms with Crippen LogP contribution in [0.3, 0.4) is 0 Å². The van der Waals surface area contributed by atoms with Crippen LogP contribution in [0.2, 0.25) is 10.0 Å². The Labute approximate surface area is 171 Å². The molecule has 2 aromatic rings. The molecule has 0 aromatic heterocycles. The Morgan fingerprint density at radius 3 is 2.48 bits per heavy atom. The van der Waals surface area contributed by atoms with Gasteiger partial charge < -0.3 is 15.0 Å². The van der Waals surface area contributed by atoms with Crippen molar-refractivity contribution >= 4 is 29.2 Å². The topological polar surface area (TPSA) is 41.6 Å². The first-order valence-corrected chi connectivity index (χ1v) is 9.55. The molecule has 0 bridgehead atoms. The van der Waals surface area contributed by atoms with E-state index in [1.165, 1.54) is 0 Å². The molecule has 0 unspecified atom stereocenters. The lowest BCUT2D eigenvalue weighted by molar-refractivity contribution is -0.0149. The van der Waals surface area contributed by atoms with E-state index in [1.54, 1.807) is 18.0 Å². The fourth-order valence-corrected chi connectivity index (χ4v) is 2.82. The molecule has 0 aliphatic carbocycles. The zero-order valence-corrected chi connectivity index (χ0v) is 17.7. The monoisotopic (exact) mass is 408 g/mol. The van der Waals surface area contributed by atoms with Gasteiger partial charge in [0.05, 0.1) is 22.3 Å². The Morgan fingerprint density at radius 1 is 1.11 bits per heavy atom. The standard InChI is InChI=1S/C21H26Cl2N2O2/c1-21(2,3)27-14-16-8-5-7-15(11-16)12-24-20(26)25(4)13-17-9-6-10-18(22)19(17)23/h5-11H,12-14H2,1-4H3,(H,24,26). The van der Waals surface area contributed by atoms with Gasteiger partial charge in [0.1, 0.15) is 0 Å². The molecule has 0 heterocycles. The summed E-state index contributed by atoms with van der Waals surface area (Å²) in [4.78, 5) is 13.9. The van der Waals surface area contributed by atoms with E-state index >= 15 is 0 Å². The number of carbonyl (C=O) groups is 1. The lowest BCUT2D eigenvalue weighted by atomic mass is 10.1. The first kappa shape index (κ1) is 21.5. The second kappa shape index (κ2) is 9.45. The van der Waals surface area contributed by atoms with Gasteiger partial charge in [-0.25, -0.2) is 4.79 Å². The zero-order chi connectivity index (χ0) is 20.0. The fourth-order valence-electron chi connectivity index (χ4n) is 2.44. The second-order valence-corrected chi connectivity index (χ2v) is 8.23. The Bertz CT molecular complexity index is 788. The average molecular weight is 409 g/mol. The van der Waals surface area contributed by atoms with E-state index in [-0.39, 0.29) is 11.6 Å². The Kier molecular flexibility index (Phi) is 7.54. The summed E-state index contributed by atoms with van der Waals surface area (Å²) in [6.07, 6.45) is 0. The van der Waals surface area contributed by atoms with Crippen molar-refractivity contribution in [2.45, 2.75) is 46.1 Å². The average Bonchev–Trinajstić information content (AvgIpc) is 2.61. The molecule has 6 heteroatoms.